The molecule has 10 aromatic carbocycles. The van der Waals surface area contributed by atoms with Crippen LogP contribution in [0.1, 0.15) is 36.1 Å². The highest BCUT2D eigenvalue weighted by atomic mass is 15.1. The van der Waals surface area contributed by atoms with Crippen LogP contribution in [0.3, 0.4) is 0 Å². The molecule has 16 rings (SSSR count). The largest absolute Gasteiger partial charge is 0.309 e. The highest BCUT2D eigenvalue weighted by molar-refractivity contribution is 6.00. The number of benzene rings is 10. The van der Waals surface area contributed by atoms with Crippen LogP contribution in [0, 0.1) is 0 Å². The van der Waals surface area contributed by atoms with E-state index in [1.165, 1.54) is 72.3 Å². The molecule has 0 saturated heterocycles. The normalized spacial score (nSPS) is 12.9. The zero-order valence-corrected chi connectivity index (χ0v) is 42.1. The summed E-state index contributed by atoms with van der Waals surface area (Å²) in [6.45, 7) is 4.71. The predicted octanol–water partition coefficient (Wildman–Crippen LogP) is 17.2. The van der Waals surface area contributed by atoms with Gasteiger partial charge in [0.25, 0.3) is 0 Å². The minimum atomic E-state index is -0.0583. The zero-order chi connectivity index (χ0) is 50.5. The smallest absolute Gasteiger partial charge is 0.145 e. The second-order valence-electron chi connectivity index (χ2n) is 20.5. The maximum atomic E-state index is 5.06. The number of hydrogen-bond donors (Lipinski definition) is 0. The Morgan fingerprint density at radius 2 is 0.763 bits per heavy atom. The van der Waals surface area contributed by atoms with Crippen molar-refractivity contribution in [2.75, 3.05) is 0 Å². The highest BCUT2D eigenvalue weighted by Gasteiger charge is 2.40. The molecule has 0 spiro atoms. The summed E-state index contributed by atoms with van der Waals surface area (Å²) in [5.74, 6) is 1.90. The van der Waals surface area contributed by atoms with Gasteiger partial charge in [-0.1, -0.05) is 159 Å². The Kier molecular flexibility index (Phi) is 9.88. The number of rotatable bonds is 6. The molecule has 0 bridgehead atoms. The minimum absolute atomic E-state index is 0.0583. The standard InChI is InChI=1S/C36H27N3.C34H23N3/c1-36(2)29-16-8-6-14-27(29)34-33(36)28-15-7-10-18-31(28)38(34)26-22-20-24(21-23-26)35-37-30-17-9-11-19-32(30)39(35)25-12-4-3-5-13-25;1-2-11-25(12-3-1)37-32-17-9-7-15-30(32)35-34(37)23-18-20-26(21-19-23)36-31-16-8-6-14-28(31)29-22-24-10-4-5-13-27(24)33(29)36/h3-23H,1-2H3;1-21H,22H2. The second-order valence-corrected chi connectivity index (χ2v) is 20.5. The molecule has 4 aromatic heterocycles. The van der Waals surface area contributed by atoms with Gasteiger partial charge in [-0.3, -0.25) is 9.13 Å². The molecule has 0 unspecified atom stereocenters. The molecule has 6 heteroatoms. The Hall–Kier alpha value is -9.78. The monoisotopic (exact) mass is 974 g/mol. The molecule has 0 amide bonds. The van der Waals surface area contributed by atoms with E-state index in [0.717, 1.165) is 68.3 Å². The maximum absolute atomic E-state index is 5.06. The first-order valence-electron chi connectivity index (χ1n) is 26.2. The highest BCUT2D eigenvalue weighted by Crippen LogP contribution is 2.54. The van der Waals surface area contributed by atoms with Crippen LogP contribution in [0.25, 0.3) is 112 Å². The van der Waals surface area contributed by atoms with Crippen LogP contribution in [0.5, 0.6) is 0 Å². The Bertz CT molecular complexity index is 4550. The SMILES string of the molecule is CC1(C)c2ccccc2-c2c1c1ccccc1n2-c1ccc(-c2nc3ccccc3n2-c2ccccc2)cc1.c1ccc(-n2c(-c3ccc(-n4c5c(c6ccccc64)Cc4ccccc4-5)cc3)nc3ccccc32)cc1. The summed E-state index contributed by atoms with van der Waals surface area (Å²) in [6.07, 6.45) is 0.984. The van der Waals surface area contributed by atoms with Crippen LogP contribution < -0.4 is 0 Å². The molecule has 6 nitrogen and oxygen atoms in total. The molecule has 14 aromatic rings. The third-order valence-electron chi connectivity index (χ3n) is 15.9. The van der Waals surface area contributed by atoms with E-state index < -0.39 is 0 Å². The number of para-hydroxylation sites is 8. The van der Waals surface area contributed by atoms with Gasteiger partial charge < -0.3 is 9.13 Å². The van der Waals surface area contributed by atoms with Gasteiger partial charge in [0.1, 0.15) is 11.6 Å². The van der Waals surface area contributed by atoms with Crippen molar-refractivity contribution in [1.82, 2.24) is 28.2 Å². The van der Waals surface area contributed by atoms with Crippen LogP contribution in [0.2, 0.25) is 0 Å². The fraction of sp³-hybridized carbons (Fsp3) is 0.0571. The van der Waals surface area contributed by atoms with Crippen molar-refractivity contribution in [2.24, 2.45) is 0 Å². The lowest BCUT2D eigenvalue weighted by Crippen LogP contribution is -2.14. The molecule has 360 valence electrons. The minimum Gasteiger partial charge on any atom is -0.309 e. The van der Waals surface area contributed by atoms with Crippen molar-refractivity contribution in [2.45, 2.75) is 25.7 Å². The molecule has 0 aliphatic heterocycles. The molecule has 4 heterocycles. The van der Waals surface area contributed by atoms with Gasteiger partial charge in [0.05, 0.1) is 44.5 Å². The first-order valence-corrected chi connectivity index (χ1v) is 26.2. The average Bonchev–Trinajstić information content (AvgIpc) is 4.37. The van der Waals surface area contributed by atoms with Gasteiger partial charge in [0, 0.05) is 67.6 Å². The molecule has 2 aliphatic rings. The van der Waals surface area contributed by atoms with E-state index in [1.54, 1.807) is 0 Å². The zero-order valence-electron chi connectivity index (χ0n) is 42.1. The summed E-state index contributed by atoms with van der Waals surface area (Å²) in [5, 5.41) is 2.66. The van der Waals surface area contributed by atoms with Crippen LogP contribution in [0.15, 0.2) is 255 Å². The summed E-state index contributed by atoms with van der Waals surface area (Å²) in [6, 6.07) is 90.7. The maximum Gasteiger partial charge on any atom is 0.145 e. The Labute approximate surface area is 440 Å². The lowest BCUT2D eigenvalue weighted by atomic mass is 9.81. The van der Waals surface area contributed by atoms with Crippen molar-refractivity contribution in [3.63, 3.8) is 0 Å². The van der Waals surface area contributed by atoms with E-state index in [4.69, 9.17) is 9.97 Å². The van der Waals surface area contributed by atoms with Gasteiger partial charge in [-0.15, -0.1) is 0 Å². The van der Waals surface area contributed by atoms with E-state index in [2.05, 4.69) is 281 Å². The Balaban J connectivity index is 0.000000133. The first-order chi connectivity index (χ1) is 37.5. The fourth-order valence-electron chi connectivity index (χ4n) is 12.5. The summed E-state index contributed by atoms with van der Waals surface area (Å²) in [7, 11) is 0. The molecule has 0 radical (unpaired) electrons. The number of nitrogens with zero attached hydrogens (tertiary/aromatic N) is 6. The van der Waals surface area contributed by atoms with Gasteiger partial charge in [-0.05, 0) is 131 Å². The predicted molar refractivity (Wildman–Crippen MR) is 312 cm³/mol. The molecule has 76 heavy (non-hydrogen) atoms. The van der Waals surface area contributed by atoms with E-state index >= 15 is 0 Å². The quantitative estimate of drug-likeness (QED) is 0.167. The Morgan fingerprint density at radius 1 is 0.342 bits per heavy atom. The van der Waals surface area contributed by atoms with Gasteiger partial charge >= 0.3 is 0 Å². The summed E-state index contributed by atoms with van der Waals surface area (Å²) in [5.41, 5.74) is 24.3. The third kappa shape index (κ3) is 6.67. The average molecular weight is 975 g/mol. The lowest BCUT2D eigenvalue weighted by molar-refractivity contribution is 0.666. The van der Waals surface area contributed by atoms with E-state index in [1.807, 2.05) is 6.07 Å². The fourth-order valence-corrected chi connectivity index (χ4v) is 12.5. The van der Waals surface area contributed by atoms with Crippen LogP contribution in [-0.4, -0.2) is 28.2 Å². The number of fused-ring (bicyclic) bond motifs is 12. The van der Waals surface area contributed by atoms with Gasteiger partial charge in [0.2, 0.25) is 0 Å². The Morgan fingerprint density at radius 3 is 1.34 bits per heavy atom. The second kappa shape index (κ2) is 17.2. The molecular weight excluding hydrogens is 925 g/mol. The topological polar surface area (TPSA) is 45.5 Å². The van der Waals surface area contributed by atoms with Crippen LogP contribution in [-0.2, 0) is 11.8 Å². The summed E-state index contributed by atoms with van der Waals surface area (Å²) >= 11 is 0. The molecule has 2 aliphatic carbocycles. The van der Waals surface area contributed by atoms with Crippen molar-refractivity contribution in [3.8, 4) is 68.0 Å². The number of aromatic nitrogens is 6. The van der Waals surface area contributed by atoms with E-state index in [9.17, 15) is 0 Å². The van der Waals surface area contributed by atoms with Crippen LogP contribution >= 0.6 is 0 Å². The molecular formula is C70H50N6. The van der Waals surface area contributed by atoms with Gasteiger partial charge in [-0.25, -0.2) is 9.97 Å². The third-order valence-corrected chi connectivity index (χ3v) is 15.9. The van der Waals surface area contributed by atoms with Gasteiger partial charge in [0.15, 0.2) is 0 Å². The van der Waals surface area contributed by atoms with Crippen molar-refractivity contribution in [3.05, 3.63) is 277 Å². The molecule has 0 fully saturated rings. The number of hydrogen-bond acceptors (Lipinski definition) is 2. The van der Waals surface area contributed by atoms with E-state index in [-0.39, 0.29) is 5.41 Å². The van der Waals surface area contributed by atoms with Crippen molar-refractivity contribution in [1.29, 1.82) is 0 Å². The van der Waals surface area contributed by atoms with E-state index in [0.29, 0.717) is 0 Å². The van der Waals surface area contributed by atoms with Gasteiger partial charge in [-0.2, -0.15) is 0 Å². The molecule has 0 atom stereocenters. The summed E-state index contributed by atoms with van der Waals surface area (Å²) in [4.78, 5) is 10.1. The van der Waals surface area contributed by atoms with Crippen LogP contribution in [0.4, 0.5) is 0 Å². The summed E-state index contributed by atoms with van der Waals surface area (Å²) < 4.78 is 9.39. The molecule has 0 N–H and O–H groups in total. The van der Waals surface area contributed by atoms with Crippen molar-refractivity contribution >= 4 is 43.9 Å². The molecule has 0 saturated carbocycles. The first kappa shape index (κ1) is 43.8. The van der Waals surface area contributed by atoms with Crippen molar-refractivity contribution < 1.29 is 0 Å². The number of imidazole rings is 2. The lowest BCUT2D eigenvalue weighted by Gasteiger charge is -2.21.